The van der Waals surface area contributed by atoms with Crippen LogP contribution in [0.1, 0.15) is 27.0 Å². The first-order valence-electron chi connectivity index (χ1n) is 8.14. The molecule has 8 nitrogen and oxygen atoms in total. The predicted octanol–water partition coefficient (Wildman–Crippen LogP) is 2.69. The second-order valence-electron chi connectivity index (χ2n) is 5.92. The maximum absolute atomic E-state index is 12.1. The Kier molecular flexibility index (Phi) is 6.48. The van der Waals surface area contributed by atoms with E-state index in [1.807, 2.05) is 32.0 Å². The SMILES string of the molecule is COc1ccc(C(=O)NCC(=O)OCc2cc(C)ccc2C)cc1[N+](=O)[O-]. The molecule has 0 aromatic heterocycles. The van der Waals surface area contributed by atoms with Crippen molar-refractivity contribution in [2.75, 3.05) is 13.7 Å². The Morgan fingerprint density at radius 3 is 2.56 bits per heavy atom. The van der Waals surface area contributed by atoms with Crippen molar-refractivity contribution in [2.24, 2.45) is 0 Å². The normalized spacial score (nSPS) is 10.2. The molecule has 2 rings (SSSR count). The van der Waals surface area contributed by atoms with Crippen molar-refractivity contribution in [1.82, 2.24) is 5.32 Å². The van der Waals surface area contributed by atoms with Crippen molar-refractivity contribution in [1.29, 1.82) is 0 Å². The number of esters is 1. The molecule has 0 atom stereocenters. The van der Waals surface area contributed by atoms with E-state index in [2.05, 4.69) is 5.32 Å². The molecular weight excluding hydrogens is 352 g/mol. The number of hydrogen-bond donors (Lipinski definition) is 1. The number of carbonyl (C=O) groups is 2. The Balaban J connectivity index is 1.93. The van der Waals surface area contributed by atoms with Gasteiger partial charge in [-0.1, -0.05) is 23.8 Å². The number of ether oxygens (including phenoxy) is 2. The van der Waals surface area contributed by atoms with Gasteiger partial charge in [0.2, 0.25) is 0 Å². The molecule has 0 fully saturated rings. The van der Waals surface area contributed by atoms with Crippen LogP contribution in [0.15, 0.2) is 36.4 Å². The number of methoxy groups -OCH3 is 1. The fraction of sp³-hybridized carbons (Fsp3) is 0.263. The van der Waals surface area contributed by atoms with Crippen LogP contribution in [-0.4, -0.2) is 30.5 Å². The van der Waals surface area contributed by atoms with Crippen LogP contribution < -0.4 is 10.1 Å². The Labute approximate surface area is 156 Å². The zero-order chi connectivity index (χ0) is 20.0. The number of aryl methyl sites for hydroxylation is 2. The van der Waals surface area contributed by atoms with E-state index in [9.17, 15) is 19.7 Å². The first kappa shape index (κ1) is 19.9. The lowest BCUT2D eigenvalue weighted by Crippen LogP contribution is -2.30. The molecule has 0 aliphatic heterocycles. The molecule has 0 bridgehead atoms. The topological polar surface area (TPSA) is 108 Å². The summed E-state index contributed by atoms with van der Waals surface area (Å²) in [7, 11) is 1.30. The smallest absolute Gasteiger partial charge is 0.325 e. The second-order valence-corrected chi connectivity index (χ2v) is 5.92. The molecule has 0 spiro atoms. The Morgan fingerprint density at radius 1 is 1.15 bits per heavy atom. The van der Waals surface area contributed by atoms with Gasteiger partial charge in [-0.3, -0.25) is 19.7 Å². The summed E-state index contributed by atoms with van der Waals surface area (Å²) in [5.41, 5.74) is 2.66. The maximum Gasteiger partial charge on any atom is 0.325 e. The average molecular weight is 372 g/mol. The summed E-state index contributed by atoms with van der Waals surface area (Å²) in [6.07, 6.45) is 0. The fourth-order valence-corrected chi connectivity index (χ4v) is 2.39. The quantitative estimate of drug-likeness (QED) is 0.455. The molecule has 8 heteroatoms. The van der Waals surface area contributed by atoms with Crippen LogP contribution in [0.25, 0.3) is 0 Å². The molecule has 0 saturated carbocycles. The zero-order valence-electron chi connectivity index (χ0n) is 15.3. The van der Waals surface area contributed by atoms with Crippen molar-refractivity contribution in [2.45, 2.75) is 20.5 Å². The van der Waals surface area contributed by atoms with Gasteiger partial charge >= 0.3 is 11.7 Å². The third-order valence-electron chi connectivity index (χ3n) is 3.92. The highest BCUT2D eigenvalue weighted by Gasteiger charge is 2.18. The molecule has 1 amide bonds. The molecule has 0 saturated heterocycles. The molecule has 27 heavy (non-hydrogen) atoms. The Bertz CT molecular complexity index is 878. The van der Waals surface area contributed by atoms with Crippen molar-refractivity contribution >= 4 is 17.6 Å². The number of nitrogens with zero attached hydrogens (tertiary/aromatic N) is 1. The van der Waals surface area contributed by atoms with Crippen LogP contribution in [0.4, 0.5) is 5.69 Å². The van der Waals surface area contributed by atoms with E-state index in [-0.39, 0.29) is 30.2 Å². The highest BCUT2D eigenvalue weighted by atomic mass is 16.6. The highest BCUT2D eigenvalue weighted by Crippen LogP contribution is 2.27. The van der Waals surface area contributed by atoms with E-state index in [1.54, 1.807) is 0 Å². The Morgan fingerprint density at radius 2 is 1.89 bits per heavy atom. The van der Waals surface area contributed by atoms with Gasteiger partial charge in [0, 0.05) is 11.6 Å². The van der Waals surface area contributed by atoms with E-state index in [4.69, 9.17) is 9.47 Å². The van der Waals surface area contributed by atoms with Gasteiger partial charge in [0.15, 0.2) is 5.75 Å². The second kappa shape index (κ2) is 8.79. The van der Waals surface area contributed by atoms with Crippen molar-refractivity contribution in [3.8, 4) is 5.75 Å². The number of benzene rings is 2. The van der Waals surface area contributed by atoms with Crippen LogP contribution >= 0.6 is 0 Å². The van der Waals surface area contributed by atoms with Crippen molar-refractivity contribution in [3.05, 3.63) is 68.8 Å². The summed E-state index contributed by atoms with van der Waals surface area (Å²) in [6.45, 7) is 3.62. The molecule has 0 unspecified atom stereocenters. The van der Waals surface area contributed by atoms with Gasteiger partial charge in [0.05, 0.1) is 12.0 Å². The van der Waals surface area contributed by atoms with Crippen molar-refractivity contribution in [3.63, 3.8) is 0 Å². The minimum atomic E-state index is -0.645. The maximum atomic E-state index is 12.1. The van der Waals surface area contributed by atoms with Crippen LogP contribution in [0.5, 0.6) is 5.75 Å². The number of nitro benzene ring substituents is 1. The summed E-state index contributed by atoms with van der Waals surface area (Å²) < 4.78 is 10.1. The number of carbonyl (C=O) groups excluding carboxylic acids is 2. The molecule has 2 aromatic rings. The van der Waals surface area contributed by atoms with E-state index in [0.717, 1.165) is 22.8 Å². The summed E-state index contributed by atoms with van der Waals surface area (Å²) in [5.74, 6) is -1.18. The van der Waals surface area contributed by atoms with Gasteiger partial charge in [-0.2, -0.15) is 0 Å². The highest BCUT2D eigenvalue weighted by molar-refractivity contribution is 5.96. The van der Waals surface area contributed by atoms with Gasteiger partial charge in [0.1, 0.15) is 13.2 Å². The summed E-state index contributed by atoms with van der Waals surface area (Å²) in [5, 5.41) is 13.4. The Hall–Kier alpha value is -3.42. The number of rotatable bonds is 7. The van der Waals surface area contributed by atoms with Crippen molar-refractivity contribution < 1.29 is 24.0 Å². The minimum absolute atomic E-state index is 0.0458. The molecule has 2 aromatic carbocycles. The molecule has 1 N–H and O–H groups in total. The molecule has 0 heterocycles. The van der Waals surface area contributed by atoms with Crippen LogP contribution in [0.3, 0.4) is 0 Å². The predicted molar refractivity (Wildman–Crippen MR) is 97.7 cm³/mol. The third kappa shape index (κ3) is 5.27. The third-order valence-corrected chi connectivity index (χ3v) is 3.92. The summed E-state index contributed by atoms with van der Waals surface area (Å²) in [4.78, 5) is 34.3. The van der Waals surface area contributed by atoms with Gasteiger partial charge in [-0.05, 0) is 37.1 Å². The lowest BCUT2D eigenvalue weighted by Gasteiger charge is -2.09. The number of hydrogen-bond acceptors (Lipinski definition) is 6. The summed E-state index contributed by atoms with van der Waals surface area (Å²) >= 11 is 0. The average Bonchev–Trinajstić information content (AvgIpc) is 2.66. The fourth-order valence-electron chi connectivity index (χ4n) is 2.39. The molecule has 0 radical (unpaired) electrons. The first-order valence-corrected chi connectivity index (χ1v) is 8.14. The molecule has 0 aliphatic rings. The van der Waals surface area contributed by atoms with Gasteiger partial charge in [0.25, 0.3) is 5.91 Å². The van der Waals surface area contributed by atoms with Crippen LogP contribution in [0.2, 0.25) is 0 Å². The lowest BCUT2D eigenvalue weighted by molar-refractivity contribution is -0.385. The lowest BCUT2D eigenvalue weighted by atomic mass is 10.1. The zero-order valence-corrected chi connectivity index (χ0v) is 15.3. The molecular formula is C19H20N2O6. The van der Waals surface area contributed by atoms with E-state index in [1.165, 1.54) is 19.2 Å². The number of nitrogens with one attached hydrogen (secondary N) is 1. The molecule has 0 aliphatic carbocycles. The van der Waals surface area contributed by atoms with Crippen LogP contribution in [0, 0.1) is 24.0 Å². The van der Waals surface area contributed by atoms with Crippen LogP contribution in [-0.2, 0) is 16.1 Å². The van der Waals surface area contributed by atoms with E-state index < -0.39 is 16.8 Å². The monoisotopic (exact) mass is 372 g/mol. The van der Waals surface area contributed by atoms with E-state index >= 15 is 0 Å². The number of amides is 1. The summed E-state index contributed by atoms with van der Waals surface area (Å²) in [6, 6.07) is 9.63. The standard InChI is InChI=1S/C19H20N2O6/c1-12-4-5-13(2)15(8-12)11-27-18(22)10-20-19(23)14-6-7-17(26-3)16(9-14)21(24)25/h4-9H,10-11H2,1-3H3,(H,20,23). The van der Waals surface area contributed by atoms with Gasteiger partial charge in [-0.15, -0.1) is 0 Å². The minimum Gasteiger partial charge on any atom is -0.490 e. The largest absolute Gasteiger partial charge is 0.490 e. The van der Waals surface area contributed by atoms with Gasteiger partial charge < -0.3 is 14.8 Å². The van der Waals surface area contributed by atoms with E-state index in [0.29, 0.717) is 0 Å². The first-order chi connectivity index (χ1) is 12.8. The van der Waals surface area contributed by atoms with Gasteiger partial charge in [-0.25, -0.2) is 0 Å². The number of nitro groups is 1. The molecule has 142 valence electrons.